The van der Waals surface area contributed by atoms with Gasteiger partial charge in [-0.3, -0.25) is 14.5 Å². The van der Waals surface area contributed by atoms with Crippen molar-refractivity contribution in [1.82, 2.24) is 0 Å². The number of aliphatic hydroxyl groups is 1. The Morgan fingerprint density at radius 1 is 0.917 bits per heavy atom. The molecule has 1 saturated heterocycles. The topological polar surface area (TPSA) is 85.3 Å². The van der Waals surface area contributed by atoms with E-state index in [2.05, 4.69) is 0 Å². The van der Waals surface area contributed by atoms with Crippen LogP contribution < -0.4 is 19.1 Å². The quantitative estimate of drug-likeness (QED) is 0.256. The minimum absolute atomic E-state index is 0.0794. The molecule has 1 atom stereocenters. The van der Waals surface area contributed by atoms with E-state index in [-0.39, 0.29) is 21.9 Å². The molecule has 36 heavy (non-hydrogen) atoms. The normalized spacial score (nSPS) is 16.8. The lowest BCUT2D eigenvalue weighted by Gasteiger charge is -2.26. The van der Waals surface area contributed by atoms with Crippen LogP contribution in [0.15, 0.2) is 66.2 Å². The summed E-state index contributed by atoms with van der Waals surface area (Å²) in [4.78, 5) is 28.2. The molecular weight excluding hydrogens is 482 g/mol. The molecule has 0 aromatic heterocycles. The molecule has 1 unspecified atom stereocenters. The third kappa shape index (κ3) is 4.38. The van der Waals surface area contributed by atoms with E-state index < -0.39 is 23.5 Å². The highest BCUT2D eigenvalue weighted by Gasteiger charge is 2.47. The van der Waals surface area contributed by atoms with E-state index in [1.54, 1.807) is 43.5 Å². The lowest BCUT2D eigenvalue weighted by atomic mass is 9.94. The molecule has 0 saturated carbocycles. The molecule has 0 bridgehead atoms. The van der Waals surface area contributed by atoms with Gasteiger partial charge in [0.25, 0.3) is 11.7 Å². The highest BCUT2D eigenvalue weighted by atomic mass is 35.5. The predicted molar refractivity (Wildman–Crippen MR) is 138 cm³/mol. The summed E-state index contributed by atoms with van der Waals surface area (Å²) >= 11 is 6.32. The number of Topliss-reactive ketones (excluding diaryl/α,β-unsaturated/α-hetero) is 1. The molecule has 3 aromatic carbocycles. The number of rotatable bonds is 7. The van der Waals surface area contributed by atoms with E-state index in [9.17, 15) is 14.7 Å². The van der Waals surface area contributed by atoms with Crippen molar-refractivity contribution in [2.45, 2.75) is 19.4 Å². The number of carbonyl (C=O) groups is 2. The Hall–Kier alpha value is -3.97. The van der Waals surface area contributed by atoms with Crippen LogP contribution in [0, 0.1) is 0 Å². The maximum atomic E-state index is 13.4. The van der Waals surface area contributed by atoms with Crippen molar-refractivity contribution in [1.29, 1.82) is 0 Å². The number of benzene rings is 3. The number of hydrogen-bond donors (Lipinski definition) is 1. The minimum atomic E-state index is -0.894. The molecule has 0 spiro atoms. The molecule has 4 rings (SSSR count). The van der Waals surface area contributed by atoms with Crippen LogP contribution in [0.2, 0.25) is 5.02 Å². The third-order valence-electron chi connectivity index (χ3n) is 6.23. The average molecular weight is 508 g/mol. The monoisotopic (exact) mass is 507 g/mol. The zero-order valence-electron chi connectivity index (χ0n) is 20.4. The van der Waals surface area contributed by atoms with E-state index in [0.29, 0.717) is 22.7 Å². The van der Waals surface area contributed by atoms with Gasteiger partial charge in [0, 0.05) is 11.8 Å². The molecule has 8 heteroatoms. The van der Waals surface area contributed by atoms with E-state index in [1.165, 1.54) is 31.3 Å². The summed E-state index contributed by atoms with van der Waals surface area (Å²) in [5.41, 5.74) is 2.34. The number of aryl methyl sites for hydroxylation is 1. The predicted octanol–water partition coefficient (Wildman–Crippen LogP) is 5.55. The Balaban J connectivity index is 1.96. The Morgan fingerprint density at radius 2 is 1.56 bits per heavy atom. The molecule has 1 amide bonds. The van der Waals surface area contributed by atoms with Crippen LogP contribution in [0.1, 0.15) is 29.7 Å². The summed E-state index contributed by atoms with van der Waals surface area (Å²) in [6.45, 7) is 2.03. The number of halogens is 1. The molecule has 7 nitrogen and oxygen atoms in total. The van der Waals surface area contributed by atoms with Gasteiger partial charge in [0.1, 0.15) is 23.0 Å². The number of hydrogen-bond acceptors (Lipinski definition) is 6. The van der Waals surface area contributed by atoms with Gasteiger partial charge in [0.2, 0.25) is 0 Å². The molecule has 1 aliphatic heterocycles. The second-order valence-electron chi connectivity index (χ2n) is 8.15. The van der Waals surface area contributed by atoms with Crippen LogP contribution in [0.25, 0.3) is 5.76 Å². The summed E-state index contributed by atoms with van der Waals surface area (Å²) in [5, 5.41) is 11.7. The highest BCUT2D eigenvalue weighted by molar-refractivity contribution is 6.51. The van der Waals surface area contributed by atoms with Crippen molar-refractivity contribution >= 4 is 34.7 Å². The largest absolute Gasteiger partial charge is 0.507 e. The molecule has 1 aliphatic rings. The van der Waals surface area contributed by atoms with Crippen LogP contribution in [-0.2, 0) is 16.0 Å². The number of nitrogens with zero attached hydrogens (tertiary/aromatic N) is 1. The fraction of sp³-hybridized carbons (Fsp3) is 0.214. The van der Waals surface area contributed by atoms with Gasteiger partial charge in [0.15, 0.2) is 0 Å². The van der Waals surface area contributed by atoms with E-state index >= 15 is 0 Å². The molecule has 1 heterocycles. The zero-order valence-corrected chi connectivity index (χ0v) is 21.1. The van der Waals surface area contributed by atoms with Gasteiger partial charge in [0.05, 0.1) is 43.5 Å². The molecule has 0 aliphatic carbocycles. The number of aliphatic hydroxyl groups excluding tert-OH is 1. The smallest absolute Gasteiger partial charge is 0.300 e. The van der Waals surface area contributed by atoms with Gasteiger partial charge in [-0.05, 0) is 47.9 Å². The molecule has 186 valence electrons. The number of anilines is 1. The van der Waals surface area contributed by atoms with Crippen LogP contribution in [-0.4, -0.2) is 38.1 Å². The van der Waals surface area contributed by atoms with Crippen molar-refractivity contribution < 1.29 is 28.9 Å². The molecule has 0 radical (unpaired) electrons. The highest BCUT2D eigenvalue weighted by Crippen LogP contribution is 2.45. The third-order valence-corrected chi connectivity index (χ3v) is 6.52. The summed E-state index contributed by atoms with van der Waals surface area (Å²) < 4.78 is 15.9. The molecule has 3 aromatic rings. The van der Waals surface area contributed by atoms with Gasteiger partial charge in [-0.1, -0.05) is 42.8 Å². The number of ketones is 1. The summed E-state index contributed by atoms with van der Waals surface area (Å²) in [5.74, 6) is -0.772. The first-order valence-corrected chi connectivity index (χ1v) is 11.7. The van der Waals surface area contributed by atoms with Gasteiger partial charge in [-0.25, -0.2) is 0 Å². The second-order valence-corrected chi connectivity index (χ2v) is 8.56. The average Bonchev–Trinajstić information content (AvgIpc) is 3.18. The number of methoxy groups -OCH3 is 3. The zero-order chi connectivity index (χ0) is 26.0. The fourth-order valence-corrected chi connectivity index (χ4v) is 4.52. The first kappa shape index (κ1) is 25.1. The molecule has 1 N–H and O–H groups in total. The van der Waals surface area contributed by atoms with Crippen molar-refractivity contribution in [2.24, 2.45) is 0 Å². The number of amides is 1. The van der Waals surface area contributed by atoms with Crippen LogP contribution >= 0.6 is 11.6 Å². The Labute approximate surface area is 214 Å². The van der Waals surface area contributed by atoms with Gasteiger partial charge < -0.3 is 19.3 Å². The van der Waals surface area contributed by atoms with Crippen molar-refractivity contribution in [3.8, 4) is 17.2 Å². The second kappa shape index (κ2) is 10.3. The van der Waals surface area contributed by atoms with E-state index in [4.69, 9.17) is 25.8 Å². The Kier molecular flexibility index (Phi) is 7.22. The minimum Gasteiger partial charge on any atom is -0.507 e. The van der Waals surface area contributed by atoms with Gasteiger partial charge in [-0.2, -0.15) is 0 Å². The fourth-order valence-electron chi connectivity index (χ4n) is 4.28. The van der Waals surface area contributed by atoms with Gasteiger partial charge >= 0.3 is 0 Å². The molecule has 1 fully saturated rings. The summed E-state index contributed by atoms with van der Waals surface area (Å²) in [7, 11) is 4.43. The Bertz CT molecular complexity index is 1330. The van der Waals surface area contributed by atoms with Crippen molar-refractivity contribution in [2.75, 3.05) is 26.2 Å². The van der Waals surface area contributed by atoms with Gasteiger partial charge in [-0.15, -0.1) is 0 Å². The van der Waals surface area contributed by atoms with E-state index in [1.807, 2.05) is 19.1 Å². The maximum Gasteiger partial charge on any atom is 0.300 e. The van der Waals surface area contributed by atoms with E-state index in [0.717, 1.165) is 12.0 Å². The SMILES string of the molecule is CCc1ccc(N2C(=O)C(=O)/C(=C(/O)c3cc(Cl)c(OC)cc3OC)C2c2ccc(OC)cc2)cc1. The Morgan fingerprint density at radius 3 is 2.11 bits per heavy atom. The lowest BCUT2D eigenvalue weighted by Crippen LogP contribution is -2.29. The standard InChI is InChI=1S/C28H26ClNO6/c1-5-16-6-10-18(11-7-16)30-25(17-8-12-19(34-2)13-9-17)24(27(32)28(30)33)26(31)20-14-21(29)23(36-4)15-22(20)35-3/h6-15,25,31H,5H2,1-4H3/b26-24+. The summed E-state index contributed by atoms with van der Waals surface area (Å²) in [6, 6.07) is 16.5. The van der Waals surface area contributed by atoms with Crippen molar-refractivity contribution in [3.63, 3.8) is 0 Å². The number of ether oxygens (including phenoxy) is 3. The van der Waals surface area contributed by atoms with Crippen LogP contribution in [0.4, 0.5) is 5.69 Å². The summed E-state index contributed by atoms with van der Waals surface area (Å²) in [6.07, 6.45) is 0.832. The lowest BCUT2D eigenvalue weighted by molar-refractivity contribution is -0.132. The maximum absolute atomic E-state index is 13.4. The van der Waals surface area contributed by atoms with Crippen LogP contribution in [0.3, 0.4) is 0 Å². The van der Waals surface area contributed by atoms with Crippen LogP contribution in [0.5, 0.6) is 17.2 Å². The number of carbonyl (C=O) groups excluding carboxylic acids is 2. The van der Waals surface area contributed by atoms with Crippen molar-refractivity contribution in [3.05, 3.63) is 87.9 Å². The molecular formula is C28H26ClNO6. The first-order valence-electron chi connectivity index (χ1n) is 11.3. The first-order chi connectivity index (χ1) is 17.3.